The quantitative estimate of drug-likeness (QED) is 0.678. The molecule has 0 aliphatic heterocycles. The fourth-order valence-corrected chi connectivity index (χ4v) is 2.49. The normalized spacial score (nSPS) is 12.9. The van der Waals surface area contributed by atoms with E-state index in [4.69, 9.17) is 23.2 Å². The minimum absolute atomic E-state index is 0.532. The second kappa shape index (κ2) is 5.99. The molecule has 3 heteroatoms. The molecule has 0 nitrogen and oxygen atoms in total. The standard InChI is InChI=1S/C11H13BrCl2/c1-2-3-9(12)6-8-4-5-10(13)11(14)7-8/h4-5,7,9H,2-3,6H2,1H3. The summed E-state index contributed by atoms with van der Waals surface area (Å²) < 4.78 is 0. The smallest absolute Gasteiger partial charge is 0.0595 e. The van der Waals surface area contributed by atoms with Gasteiger partial charge in [0.2, 0.25) is 0 Å². The molecule has 1 atom stereocenters. The molecule has 0 bridgehead atoms. The first kappa shape index (κ1) is 12.4. The minimum atomic E-state index is 0.532. The summed E-state index contributed by atoms with van der Waals surface area (Å²) >= 11 is 15.4. The Morgan fingerprint density at radius 1 is 1.29 bits per heavy atom. The van der Waals surface area contributed by atoms with Crippen LogP contribution in [0.15, 0.2) is 18.2 Å². The Labute approximate surface area is 104 Å². The first-order valence-electron chi connectivity index (χ1n) is 4.71. The molecule has 0 fully saturated rings. The summed E-state index contributed by atoms with van der Waals surface area (Å²) in [5.41, 5.74) is 1.23. The van der Waals surface area contributed by atoms with Gasteiger partial charge in [0.15, 0.2) is 0 Å². The Morgan fingerprint density at radius 3 is 2.57 bits per heavy atom. The fraction of sp³-hybridized carbons (Fsp3) is 0.455. The molecule has 1 aromatic rings. The molecule has 0 spiro atoms. The van der Waals surface area contributed by atoms with Gasteiger partial charge in [0.25, 0.3) is 0 Å². The van der Waals surface area contributed by atoms with Crippen LogP contribution in [0.5, 0.6) is 0 Å². The Balaban J connectivity index is 2.63. The Hall–Kier alpha value is 0.280. The van der Waals surface area contributed by atoms with Gasteiger partial charge in [-0.25, -0.2) is 0 Å². The monoisotopic (exact) mass is 294 g/mol. The van der Waals surface area contributed by atoms with Crippen LogP contribution in [0.25, 0.3) is 0 Å². The summed E-state index contributed by atoms with van der Waals surface area (Å²) in [4.78, 5) is 0.532. The van der Waals surface area contributed by atoms with E-state index in [0.717, 1.165) is 6.42 Å². The lowest BCUT2D eigenvalue weighted by molar-refractivity contribution is 0.745. The highest BCUT2D eigenvalue weighted by atomic mass is 79.9. The number of benzene rings is 1. The molecule has 0 aliphatic rings. The van der Waals surface area contributed by atoms with Crippen LogP contribution in [0.4, 0.5) is 0 Å². The van der Waals surface area contributed by atoms with Crippen molar-refractivity contribution < 1.29 is 0 Å². The van der Waals surface area contributed by atoms with E-state index in [0.29, 0.717) is 14.9 Å². The lowest BCUT2D eigenvalue weighted by atomic mass is 10.1. The van der Waals surface area contributed by atoms with Crippen molar-refractivity contribution in [1.82, 2.24) is 0 Å². The highest BCUT2D eigenvalue weighted by Crippen LogP contribution is 2.24. The predicted molar refractivity (Wildman–Crippen MR) is 67.8 cm³/mol. The molecule has 0 saturated carbocycles. The van der Waals surface area contributed by atoms with Gasteiger partial charge in [0, 0.05) is 4.83 Å². The van der Waals surface area contributed by atoms with Crippen LogP contribution in [-0.4, -0.2) is 4.83 Å². The van der Waals surface area contributed by atoms with Crippen LogP contribution in [0.2, 0.25) is 10.0 Å². The maximum atomic E-state index is 5.93. The van der Waals surface area contributed by atoms with Crippen LogP contribution in [-0.2, 0) is 6.42 Å². The van der Waals surface area contributed by atoms with Gasteiger partial charge in [-0.05, 0) is 30.5 Å². The predicted octanol–water partition coefficient (Wildman–Crippen LogP) is 5.10. The highest BCUT2D eigenvalue weighted by Gasteiger charge is 2.05. The van der Waals surface area contributed by atoms with Gasteiger partial charge >= 0.3 is 0 Å². The lowest BCUT2D eigenvalue weighted by Gasteiger charge is -2.08. The molecule has 1 rings (SSSR count). The maximum Gasteiger partial charge on any atom is 0.0595 e. The number of rotatable bonds is 4. The summed E-state index contributed by atoms with van der Waals surface area (Å²) in [7, 11) is 0. The molecule has 1 aromatic carbocycles. The highest BCUT2D eigenvalue weighted by molar-refractivity contribution is 9.09. The van der Waals surface area contributed by atoms with Gasteiger partial charge < -0.3 is 0 Å². The molecule has 0 amide bonds. The van der Waals surface area contributed by atoms with Crippen LogP contribution in [0.3, 0.4) is 0 Å². The first-order valence-corrected chi connectivity index (χ1v) is 6.38. The number of halogens is 3. The third kappa shape index (κ3) is 3.80. The molecule has 0 aliphatic carbocycles. The molecule has 78 valence electrons. The first-order chi connectivity index (χ1) is 6.63. The molecular weight excluding hydrogens is 283 g/mol. The van der Waals surface area contributed by atoms with Crippen molar-refractivity contribution in [3.8, 4) is 0 Å². The maximum absolute atomic E-state index is 5.93. The third-order valence-corrected chi connectivity index (χ3v) is 3.56. The summed E-state index contributed by atoms with van der Waals surface area (Å²) in [5, 5.41) is 1.26. The molecular formula is C11H13BrCl2. The van der Waals surface area contributed by atoms with Gasteiger partial charge in [-0.15, -0.1) is 0 Å². The lowest BCUT2D eigenvalue weighted by Crippen LogP contribution is -2.01. The summed E-state index contributed by atoms with van der Waals surface area (Å²) in [5.74, 6) is 0. The second-order valence-electron chi connectivity index (χ2n) is 3.34. The van der Waals surface area contributed by atoms with Crippen LogP contribution >= 0.6 is 39.1 Å². The minimum Gasteiger partial charge on any atom is -0.0887 e. The van der Waals surface area contributed by atoms with Crippen LogP contribution in [0.1, 0.15) is 25.3 Å². The Kier molecular flexibility index (Phi) is 5.29. The molecule has 0 aromatic heterocycles. The third-order valence-electron chi connectivity index (χ3n) is 2.04. The molecule has 14 heavy (non-hydrogen) atoms. The van der Waals surface area contributed by atoms with E-state index >= 15 is 0 Å². The van der Waals surface area contributed by atoms with Crippen molar-refractivity contribution in [2.45, 2.75) is 31.0 Å². The zero-order chi connectivity index (χ0) is 10.6. The molecule has 0 heterocycles. The van der Waals surface area contributed by atoms with E-state index in [2.05, 4.69) is 22.9 Å². The molecule has 0 saturated heterocycles. The van der Waals surface area contributed by atoms with E-state index in [9.17, 15) is 0 Å². The average molecular weight is 296 g/mol. The number of alkyl halides is 1. The van der Waals surface area contributed by atoms with E-state index in [-0.39, 0.29) is 0 Å². The summed E-state index contributed by atoms with van der Waals surface area (Å²) in [6.07, 6.45) is 3.38. The van der Waals surface area contributed by atoms with Crippen LogP contribution < -0.4 is 0 Å². The van der Waals surface area contributed by atoms with Crippen molar-refractivity contribution in [3.05, 3.63) is 33.8 Å². The second-order valence-corrected chi connectivity index (χ2v) is 5.45. The number of hydrogen-bond donors (Lipinski definition) is 0. The van der Waals surface area contributed by atoms with E-state index in [1.54, 1.807) is 0 Å². The van der Waals surface area contributed by atoms with Crippen molar-refractivity contribution in [3.63, 3.8) is 0 Å². The van der Waals surface area contributed by atoms with Crippen molar-refractivity contribution in [1.29, 1.82) is 0 Å². The van der Waals surface area contributed by atoms with Gasteiger partial charge in [-0.2, -0.15) is 0 Å². The topological polar surface area (TPSA) is 0 Å². The summed E-state index contributed by atoms with van der Waals surface area (Å²) in [6, 6.07) is 5.82. The van der Waals surface area contributed by atoms with E-state index < -0.39 is 0 Å². The van der Waals surface area contributed by atoms with E-state index in [1.165, 1.54) is 18.4 Å². The molecule has 0 N–H and O–H groups in total. The Morgan fingerprint density at radius 2 is 2.00 bits per heavy atom. The fourth-order valence-electron chi connectivity index (χ4n) is 1.34. The number of hydrogen-bond acceptors (Lipinski definition) is 0. The van der Waals surface area contributed by atoms with Gasteiger partial charge in [-0.1, -0.05) is 58.5 Å². The summed E-state index contributed by atoms with van der Waals surface area (Å²) in [6.45, 7) is 2.18. The molecule has 0 radical (unpaired) electrons. The Bertz CT molecular complexity index is 299. The zero-order valence-electron chi connectivity index (χ0n) is 8.06. The van der Waals surface area contributed by atoms with Gasteiger partial charge in [0.05, 0.1) is 10.0 Å². The van der Waals surface area contributed by atoms with E-state index in [1.807, 2.05) is 18.2 Å². The van der Waals surface area contributed by atoms with Gasteiger partial charge in [-0.3, -0.25) is 0 Å². The largest absolute Gasteiger partial charge is 0.0887 e. The van der Waals surface area contributed by atoms with Crippen molar-refractivity contribution in [2.75, 3.05) is 0 Å². The van der Waals surface area contributed by atoms with Crippen LogP contribution in [0, 0.1) is 0 Å². The zero-order valence-corrected chi connectivity index (χ0v) is 11.2. The SMILES string of the molecule is CCCC(Br)Cc1ccc(Cl)c(Cl)c1. The van der Waals surface area contributed by atoms with Crippen molar-refractivity contribution >= 4 is 39.1 Å². The van der Waals surface area contributed by atoms with Gasteiger partial charge in [0.1, 0.15) is 0 Å². The average Bonchev–Trinajstić information content (AvgIpc) is 2.12. The van der Waals surface area contributed by atoms with Crippen molar-refractivity contribution in [2.24, 2.45) is 0 Å². The molecule has 1 unspecified atom stereocenters.